The molecule has 5 heteroatoms. The van der Waals surface area contributed by atoms with E-state index in [-0.39, 0.29) is 0 Å². The lowest BCUT2D eigenvalue weighted by molar-refractivity contribution is 1.09. The molecule has 0 saturated carbocycles. The van der Waals surface area contributed by atoms with Crippen molar-refractivity contribution in [3.63, 3.8) is 0 Å². The Bertz CT molecular complexity index is 1120. The Labute approximate surface area is 169 Å². The summed E-state index contributed by atoms with van der Waals surface area (Å²) in [6, 6.07) is 31.5. The fraction of sp³-hybridized carbons (Fsp3) is 0.0417. The molecule has 0 aliphatic heterocycles. The van der Waals surface area contributed by atoms with E-state index in [4.69, 9.17) is 5.26 Å². The predicted octanol–water partition coefficient (Wildman–Crippen LogP) is 5.37. The van der Waals surface area contributed by atoms with Gasteiger partial charge in [0, 0.05) is 23.9 Å². The van der Waals surface area contributed by atoms with Crippen molar-refractivity contribution in [1.29, 1.82) is 5.26 Å². The number of benzene rings is 3. The normalized spacial score (nSPS) is 10.2. The number of nitriles is 1. The van der Waals surface area contributed by atoms with Gasteiger partial charge in [0.15, 0.2) is 0 Å². The van der Waals surface area contributed by atoms with Crippen LogP contribution in [0.2, 0.25) is 0 Å². The fourth-order valence-electron chi connectivity index (χ4n) is 2.90. The third-order valence-electron chi connectivity index (χ3n) is 4.38. The minimum atomic E-state index is 0.492. The second-order valence-corrected chi connectivity index (χ2v) is 6.48. The van der Waals surface area contributed by atoms with Gasteiger partial charge in [0.25, 0.3) is 0 Å². The van der Waals surface area contributed by atoms with Gasteiger partial charge in [-0.1, -0.05) is 60.7 Å². The molecule has 0 spiro atoms. The second-order valence-electron chi connectivity index (χ2n) is 6.48. The molecule has 4 aromatic rings. The average molecular weight is 377 g/mol. The van der Waals surface area contributed by atoms with Gasteiger partial charge in [0.1, 0.15) is 5.82 Å². The zero-order valence-corrected chi connectivity index (χ0v) is 15.7. The average Bonchev–Trinajstić information content (AvgIpc) is 2.79. The molecule has 29 heavy (non-hydrogen) atoms. The molecule has 1 heterocycles. The maximum Gasteiger partial charge on any atom is 0.229 e. The van der Waals surface area contributed by atoms with Crippen LogP contribution in [0.3, 0.4) is 0 Å². The van der Waals surface area contributed by atoms with Crippen molar-refractivity contribution in [2.24, 2.45) is 0 Å². The van der Waals surface area contributed by atoms with Gasteiger partial charge in [0.2, 0.25) is 5.95 Å². The zero-order chi connectivity index (χ0) is 19.9. The molecule has 0 unspecified atom stereocenters. The van der Waals surface area contributed by atoms with Crippen LogP contribution >= 0.6 is 0 Å². The van der Waals surface area contributed by atoms with E-state index >= 15 is 0 Å². The van der Waals surface area contributed by atoms with E-state index in [0.29, 0.717) is 18.1 Å². The molecule has 140 valence electrons. The summed E-state index contributed by atoms with van der Waals surface area (Å²) in [6.45, 7) is 0.669. The maximum atomic E-state index is 8.97. The first-order valence-corrected chi connectivity index (χ1v) is 9.30. The molecule has 0 bridgehead atoms. The zero-order valence-electron chi connectivity index (χ0n) is 15.7. The van der Waals surface area contributed by atoms with Crippen molar-refractivity contribution in [2.75, 3.05) is 10.6 Å². The topological polar surface area (TPSA) is 73.6 Å². The Hall–Kier alpha value is -4.17. The minimum Gasteiger partial charge on any atom is -0.366 e. The molecule has 2 N–H and O–H groups in total. The molecule has 0 aliphatic rings. The third kappa shape index (κ3) is 4.76. The van der Waals surface area contributed by atoms with Crippen molar-refractivity contribution >= 4 is 17.5 Å². The third-order valence-corrected chi connectivity index (χ3v) is 4.38. The van der Waals surface area contributed by atoms with Crippen LogP contribution in [0.15, 0.2) is 91.0 Å². The number of nitrogens with one attached hydrogen (secondary N) is 2. The summed E-state index contributed by atoms with van der Waals surface area (Å²) in [7, 11) is 0. The Kier molecular flexibility index (Phi) is 5.45. The first kappa shape index (κ1) is 18.2. The highest BCUT2D eigenvalue weighted by atomic mass is 15.1. The second kappa shape index (κ2) is 8.68. The highest BCUT2D eigenvalue weighted by Crippen LogP contribution is 2.23. The summed E-state index contributed by atoms with van der Waals surface area (Å²) in [6.07, 6.45) is 0. The molecule has 5 nitrogen and oxygen atoms in total. The molecule has 1 aromatic heterocycles. The molecule has 4 rings (SSSR count). The predicted molar refractivity (Wildman–Crippen MR) is 116 cm³/mol. The number of rotatable bonds is 6. The van der Waals surface area contributed by atoms with Gasteiger partial charge < -0.3 is 10.6 Å². The Balaban J connectivity index is 1.63. The van der Waals surface area contributed by atoms with Crippen LogP contribution in [0.4, 0.5) is 17.5 Å². The van der Waals surface area contributed by atoms with E-state index in [1.807, 2.05) is 66.7 Å². The van der Waals surface area contributed by atoms with Crippen LogP contribution in [0.25, 0.3) is 11.3 Å². The number of hydrogen-bond donors (Lipinski definition) is 2. The summed E-state index contributed by atoms with van der Waals surface area (Å²) in [5.41, 5.74) is 4.45. The van der Waals surface area contributed by atoms with E-state index in [1.54, 1.807) is 12.1 Å². The Morgan fingerprint density at radius 1 is 0.793 bits per heavy atom. The van der Waals surface area contributed by atoms with Crippen LogP contribution in [-0.4, -0.2) is 9.97 Å². The van der Waals surface area contributed by atoms with Crippen molar-refractivity contribution in [2.45, 2.75) is 6.54 Å². The minimum absolute atomic E-state index is 0.492. The molecule has 0 saturated heterocycles. The molecular formula is C24H19N5. The van der Waals surface area contributed by atoms with Gasteiger partial charge in [-0.2, -0.15) is 10.2 Å². The van der Waals surface area contributed by atoms with Crippen LogP contribution in [0, 0.1) is 11.3 Å². The van der Waals surface area contributed by atoms with E-state index < -0.39 is 0 Å². The summed E-state index contributed by atoms with van der Waals surface area (Å²) < 4.78 is 0. The quantitative estimate of drug-likeness (QED) is 0.472. The number of aromatic nitrogens is 2. The van der Waals surface area contributed by atoms with Crippen LogP contribution < -0.4 is 10.6 Å². The maximum absolute atomic E-state index is 8.97. The number of anilines is 3. The van der Waals surface area contributed by atoms with Crippen LogP contribution in [0.1, 0.15) is 11.1 Å². The molecule has 0 aliphatic carbocycles. The van der Waals surface area contributed by atoms with E-state index in [2.05, 4.69) is 38.8 Å². The Morgan fingerprint density at radius 2 is 1.48 bits per heavy atom. The number of nitrogens with zero attached hydrogens (tertiary/aromatic N) is 3. The summed E-state index contributed by atoms with van der Waals surface area (Å²) in [4.78, 5) is 9.28. The monoisotopic (exact) mass is 377 g/mol. The first-order valence-electron chi connectivity index (χ1n) is 9.30. The standard InChI is InChI=1S/C24H19N5/c25-16-18-11-13-21(14-12-18)27-24-28-22(20-9-5-2-6-10-20)15-23(29-24)26-17-19-7-3-1-4-8-19/h1-15H,17H2,(H2,26,27,28,29). The first-order chi connectivity index (χ1) is 14.3. The van der Waals surface area contributed by atoms with Crippen LogP contribution in [-0.2, 0) is 6.54 Å². The highest BCUT2D eigenvalue weighted by Gasteiger charge is 2.08. The molecule has 0 amide bonds. The lowest BCUT2D eigenvalue weighted by atomic mass is 10.1. The summed E-state index contributed by atoms with van der Waals surface area (Å²) >= 11 is 0. The Morgan fingerprint density at radius 3 is 2.17 bits per heavy atom. The lowest BCUT2D eigenvalue weighted by Crippen LogP contribution is -2.05. The van der Waals surface area contributed by atoms with Gasteiger partial charge in [-0.05, 0) is 29.8 Å². The van der Waals surface area contributed by atoms with Crippen LogP contribution in [0.5, 0.6) is 0 Å². The van der Waals surface area contributed by atoms with E-state index in [0.717, 1.165) is 22.8 Å². The lowest BCUT2D eigenvalue weighted by Gasteiger charge is -2.12. The summed E-state index contributed by atoms with van der Waals surface area (Å²) in [5, 5.41) is 15.6. The van der Waals surface area contributed by atoms with Gasteiger partial charge >= 0.3 is 0 Å². The smallest absolute Gasteiger partial charge is 0.229 e. The SMILES string of the molecule is N#Cc1ccc(Nc2nc(NCc3ccccc3)cc(-c3ccccc3)n2)cc1. The number of hydrogen-bond acceptors (Lipinski definition) is 5. The van der Waals surface area contributed by atoms with E-state index in [9.17, 15) is 0 Å². The van der Waals surface area contributed by atoms with Crippen molar-refractivity contribution in [1.82, 2.24) is 9.97 Å². The van der Waals surface area contributed by atoms with Crippen molar-refractivity contribution < 1.29 is 0 Å². The summed E-state index contributed by atoms with van der Waals surface area (Å²) in [5.74, 6) is 1.23. The fourth-order valence-corrected chi connectivity index (χ4v) is 2.90. The largest absolute Gasteiger partial charge is 0.366 e. The highest BCUT2D eigenvalue weighted by molar-refractivity contribution is 5.66. The molecular weight excluding hydrogens is 358 g/mol. The van der Waals surface area contributed by atoms with Gasteiger partial charge in [-0.15, -0.1) is 0 Å². The molecule has 0 radical (unpaired) electrons. The van der Waals surface area contributed by atoms with E-state index in [1.165, 1.54) is 5.56 Å². The molecule has 0 fully saturated rings. The molecule has 3 aromatic carbocycles. The van der Waals surface area contributed by atoms with Gasteiger partial charge in [-0.3, -0.25) is 0 Å². The van der Waals surface area contributed by atoms with Gasteiger partial charge in [0.05, 0.1) is 17.3 Å². The van der Waals surface area contributed by atoms with Crippen molar-refractivity contribution in [3.05, 3.63) is 102 Å². The van der Waals surface area contributed by atoms with Crippen molar-refractivity contribution in [3.8, 4) is 17.3 Å². The van der Waals surface area contributed by atoms with Gasteiger partial charge in [-0.25, -0.2) is 4.98 Å². The molecule has 0 atom stereocenters.